The summed E-state index contributed by atoms with van der Waals surface area (Å²) in [6.07, 6.45) is 5.84. The third kappa shape index (κ3) is 6.62. The fourth-order valence-electron chi connectivity index (χ4n) is 4.69. The van der Waals surface area contributed by atoms with Crippen LogP contribution in [-0.4, -0.2) is 85.3 Å². The molecule has 0 amide bonds. The first kappa shape index (κ1) is 24.9. The van der Waals surface area contributed by atoms with Crippen molar-refractivity contribution in [3.8, 4) is 0 Å². The number of likely N-dealkylation sites (tertiary alicyclic amines) is 1. The molecule has 5 nitrogen and oxygen atoms in total. The molecule has 0 spiro atoms. The maximum atomic E-state index is 5.61. The topological polar surface area (TPSA) is 40.1 Å². The molecule has 1 aromatic rings. The highest BCUT2D eigenvalue weighted by atomic mass is 127. The van der Waals surface area contributed by atoms with Gasteiger partial charge in [0.25, 0.3) is 0 Å². The van der Waals surface area contributed by atoms with Gasteiger partial charge in [-0.1, -0.05) is 42.0 Å². The molecule has 0 saturated carbocycles. The van der Waals surface area contributed by atoms with Crippen molar-refractivity contribution in [2.24, 2.45) is 4.99 Å². The summed E-state index contributed by atoms with van der Waals surface area (Å²) in [6, 6.07) is 10.7. The second-order valence-electron chi connectivity index (χ2n) is 8.50. The number of nitrogens with one attached hydrogen (secondary N) is 1. The predicted molar refractivity (Wildman–Crippen MR) is 144 cm³/mol. The lowest BCUT2D eigenvalue weighted by molar-refractivity contribution is -0.0105. The lowest BCUT2D eigenvalue weighted by Crippen LogP contribution is -2.56. The number of hydrogen-bond donors (Lipinski definition) is 1. The van der Waals surface area contributed by atoms with E-state index in [1.807, 2.05) is 0 Å². The molecule has 7 heteroatoms. The Kier molecular flexibility index (Phi) is 10.00. The summed E-state index contributed by atoms with van der Waals surface area (Å²) in [6.45, 7) is 9.88. The zero-order valence-electron chi connectivity index (χ0n) is 18.7. The number of rotatable bonds is 5. The van der Waals surface area contributed by atoms with Gasteiger partial charge in [-0.05, 0) is 37.5 Å². The highest BCUT2D eigenvalue weighted by Crippen LogP contribution is 2.34. The number of morpholine rings is 1. The quantitative estimate of drug-likeness (QED) is 0.338. The third-order valence-electron chi connectivity index (χ3n) is 6.50. The summed E-state index contributed by atoms with van der Waals surface area (Å²) in [7, 11) is 0. The molecule has 0 aliphatic carbocycles. The van der Waals surface area contributed by atoms with E-state index in [1.54, 1.807) is 5.57 Å². The van der Waals surface area contributed by atoms with E-state index in [0.717, 1.165) is 71.3 Å². The van der Waals surface area contributed by atoms with Crippen LogP contribution in [0.3, 0.4) is 0 Å². The molecule has 0 aromatic heterocycles. The predicted octanol–water partition coefficient (Wildman–Crippen LogP) is 3.96. The molecular weight excluding hydrogens is 519 g/mol. The molecule has 31 heavy (non-hydrogen) atoms. The van der Waals surface area contributed by atoms with Crippen molar-refractivity contribution in [3.63, 3.8) is 0 Å². The second-order valence-corrected chi connectivity index (χ2v) is 9.60. The Hall–Kier alpha value is -0.770. The molecule has 3 aliphatic rings. The Morgan fingerprint density at radius 3 is 2.55 bits per heavy atom. The SMILES string of the molecule is CCNC(=NCC1(N2CCOCC2)CCSC1)N1CCC(=Cc2ccccc2)CC1.I. The lowest BCUT2D eigenvalue weighted by Gasteiger charge is -2.42. The molecule has 1 aromatic carbocycles. The molecule has 1 atom stereocenters. The van der Waals surface area contributed by atoms with Gasteiger partial charge < -0.3 is 15.0 Å². The summed E-state index contributed by atoms with van der Waals surface area (Å²) < 4.78 is 5.61. The van der Waals surface area contributed by atoms with Gasteiger partial charge in [0.05, 0.1) is 25.3 Å². The van der Waals surface area contributed by atoms with Gasteiger partial charge in [-0.2, -0.15) is 11.8 Å². The average Bonchev–Trinajstić information content (AvgIpc) is 3.29. The van der Waals surface area contributed by atoms with E-state index >= 15 is 0 Å². The summed E-state index contributed by atoms with van der Waals surface area (Å²) in [5.41, 5.74) is 3.07. The van der Waals surface area contributed by atoms with Crippen molar-refractivity contribution in [1.29, 1.82) is 0 Å². The first-order valence-corrected chi connectivity index (χ1v) is 12.6. The largest absolute Gasteiger partial charge is 0.379 e. The van der Waals surface area contributed by atoms with Gasteiger partial charge in [0.1, 0.15) is 0 Å². The Bertz CT molecular complexity index is 720. The van der Waals surface area contributed by atoms with Gasteiger partial charge in [-0.25, -0.2) is 0 Å². The minimum atomic E-state index is 0. The highest BCUT2D eigenvalue weighted by Gasteiger charge is 2.40. The summed E-state index contributed by atoms with van der Waals surface area (Å²) in [5.74, 6) is 3.54. The van der Waals surface area contributed by atoms with E-state index in [9.17, 15) is 0 Å². The normalized spacial score (nSPS) is 25.3. The van der Waals surface area contributed by atoms with Crippen LogP contribution in [0.1, 0.15) is 31.7 Å². The zero-order chi connectivity index (χ0) is 20.7. The minimum Gasteiger partial charge on any atom is -0.379 e. The van der Waals surface area contributed by atoms with Gasteiger partial charge in [0, 0.05) is 38.5 Å². The maximum Gasteiger partial charge on any atom is 0.194 e. The molecular formula is C24H37IN4OS. The van der Waals surface area contributed by atoms with Crippen molar-refractivity contribution < 1.29 is 4.74 Å². The van der Waals surface area contributed by atoms with E-state index in [2.05, 4.69) is 70.2 Å². The molecule has 1 unspecified atom stereocenters. The molecule has 3 aliphatic heterocycles. The Balaban J connectivity index is 0.00000272. The number of hydrogen-bond acceptors (Lipinski definition) is 4. The van der Waals surface area contributed by atoms with Crippen LogP contribution in [0.25, 0.3) is 6.08 Å². The van der Waals surface area contributed by atoms with Gasteiger partial charge in [0.15, 0.2) is 5.96 Å². The Morgan fingerprint density at radius 1 is 1.16 bits per heavy atom. The van der Waals surface area contributed by atoms with E-state index in [1.165, 1.54) is 23.5 Å². The maximum absolute atomic E-state index is 5.61. The van der Waals surface area contributed by atoms with Crippen molar-refractivity contribution in [3.05, 3.63) is 41.5 Å². The average molecular weight is 557 g/mol. The summed E-state index contributed by atoms with van der Waals surface area (Å²) in [4.78, 5) is 10.3. The van der Waals surface area contributed by atoms with Crippen molar-refractivity contribution >= 4 is 47.8 Å². The first-order chi connectivity index (χ1) is 14.8. The summed E-state index contributed by atoms with van der Waals surface area (Å²) in [5, 5.41) is 3.57. The molecule has 172 valence electrons. The number of halogens is 1. The van der Waals surface area contributed by atoms with Crippen molar-refractivity contribution in [2.45, 2.75) is 31.7 Å². The molecule has 0 bridgehead atoms. The number of ether oxygens (including phenoxy) is 1. The molecule has 0 radical (unpaired) electrons. The van der Waals surface area contributed by atoms with E-state index in [-0.39, 0.29) is 29.5 Å². The van der Waals surface area contributed by atoms with Gasteiger partial charge in [-0.15, -0.1) is 24.0 Å². The van der Waals surface area contributed by atoms with Crippen LogP contribution < -0.4 is 5.32 Å². The fraction of sp³-hybridized carbons (Fsp3) is 0.625. The van der Waals surface area contributed by atoms with Crippen molar-refractivity contribution in [1.82, 2.24) is 15.1 Å². The van der Waals surface area contributed by atoms with Crippen LogP contribution in [0.5, 0.6) is 0 Å². The Morgan fingerprint density at radius 2 is 1.90 bits per heavy atom. The van der Waals surface area contributed by atoms with E-state index < -0.39 is 0 Å². The van der Waals surface area contributed by atoms with E-state index in [0.29, 0.717) is 0 Å². The molecule has 3 saturated heterocycles. The second kappa shape index (κ2) is 12.5. The number of nitrogens with zero attached hydrogens (tertiary/aromatic N) is 3. The summed E-state index contributed by atoms with van der Waals surface area (Å²) >= 11 is 2.08. The zero-order valence-corrected chi connectivity index (χ0v) is 21.9. The lowest BCUT2D eigenvalue weighted by atomic mass is 9.96. The monoisotopic (exact) mass is 556 g/mol. The number of guanidine groups is 1. The molecule has 3 heterocycles. The standard InChI is InChI=1S/C24H36N4OS.HI/c1-2-25-23(26-19-24(10-17-30-20-24)28-13-15-29-16-14-28)27-11-8-22(9-12-27)18-21-6-4-3-5-7-21;/h3-7,18H,2,8-17,19-20H2,1H3,(H,25,26);1H. The van der Waals surface area contributed by atoms with Crippen molar-refractivity contribution in [2.75, 3.05) is 64.0 Å². The number of aliphatic imine (C=N–C) groups is 1. The van der Waals surface area contributed by atoms with Gasteiger partial charge >= 0.3 is 0 Å². The highest BCUT2D eigenvalue weighted by molar-refractivity contribution is 14.0. The number of benzene rings is 1. The Labute approximate surface area is 209 Å². The van der Waals surface area contributed by atoms with Crippen LogP contribution in [0.4, 0.5) is 0 Å². The molecule has 1 N–H and O–H groups in total. The fourth-order valence-corrected chi connectivity index (χ4v) is 6.16. The van der Waals surface area contributed by atoms with Crippen LogP contribution in [0, 0.1) is 0 Å². The van der Waals surface area contributed by atoms with Crippen LogP contribution >= 0.6 is 35.7 Å². The van der Waals surface area contributed by atoms with Crippen LogP contribution in [0.2, 0.25) is 0 Å². The minimum absolute atomic E-state index is 0. The van der Waals surface area contributed by atoms with Crippen LogP contribution in [-0.2, 0) is 4.74 Å². The van der Waals surface area contributed by atoms with Gasteiger partial charge in [0.2, 0.25) is 0 Å². The first-order valence-electron chi connectivity index (χ1n) is 11.5. The van der Waals surface area contributed by atoms with Gasteiger partial charge in [-0.3, -0.25) is 9.89 Å². The smallest absolute Gasteiger partial charge is 0.194 e. The molecule has 4 rings (SSSR count). The molecule has 3 fully saturated rings. The van der Waals surface area contributed by atoms with Crippen LogP contribution in [0.15, 0.2) is 40.9 Å². The number of thioether (sulfide) groups is 1. The van der Waals surface area contributed by atoms with E-state index in [4.69, 9.17) is 9.73 Å². The third-order valence-corrected chi connectivity index (χ3v) is 7.73. The number of piperidine rings is 1.